The van der Waals surface area contributed by atoms with Gasteiger partial charge in [0.2, 0.25) is 0 Å². The molecule has 1 N–H and O–H groups in total. The van der Waals surface area contributed by atoms with Gasteiger partial charge in [0.1, 0.15) is 5.75 Å². The Balaban J connectivity index is 1.67. The van der Waals surface area contributed by atoms with E-state index in [4.69, 9.17) is 4.74 Å². The fraction of sp³-hybridized carbons (Fsp3) is 0.263. The van der Waals surface area contributed by atoms with Crippen molar-refractivity contribution in [2.75, 3.05) is 25.5 Å². The van der Waals surface area contributed by atoms with Crippen molar-refractivity contribution in [2.24, 2.45) is 0 Å². The zero-order valence-corrected chi connectivity index (χ0v) is 16.1. The SMILES string of the molecule is COc1ccc(C(=O)Nc2ccc(C(=O)N3CCCC3)cc2)cc1I. The van der Waals surface area contributed by atoms with Gasteiger partial charge >= 0.3 is 0 Å². The lowest BCUT2D eigenvalue weighted by atomic mass is 10.1. The highest BCUT2D eigenvalue weighted by Gasteiger charge is 2.19. The smallest absolute Gasteiger partial charge is 0.255 e. The molecule has 1 aliphatic heterocycles. The van der Waals surface area contributed by atoms with Gasteiger partial charge < -0.3 is 15.0 Å². The maximum absolute atomic E-state index is 12.4. The summed E-state index contributed by atoms with van der Waals surface area (Å²) in [6.07, 6.45) is 2.14. The third-order valence-electron chi connectivity index (χ3n) is 4.20. The summed E-state index contributed by atoms with van der Waals surface area (Å²) in [6, 6.07) is 12.3. The van der Waals surface area contributed by atoms with E-state index in [0.29, 0.717) is 16.8 Å². The van der Waals surface area contributed by atoms with E-state index in [0.717, 1.165) is 35.3 Å². The van der Waals surface area contributed by atoms with Crippen LogP contribution in [0, 0.1) is 3.57 Å². The van der Waals surface area contributed by atoms with Crippen LogP contribution in [0.5, 0.6) is 5.75 Å². The van der Waals surface area contributed by atoms with E-state index in [-0.39, 0.29) is 11.8 Å². The first kappa shape index (κ1) is 17.7. The Morgan fingerprint density at radius 3 is 2.28 bits per heavy atom. The van der Waals surface area contributed by atoms with Gasteiger partial charge in [0, 0.05) is 29.9 Å². The van der Waals surface area contributed by atoms with Crippen LogP contribution in [-0.4, -0.2) is 36.9 Å². The topological polar surface area (TPSA) is 58.6 Å². The van der Waals surface area contributed by atoms with Gasteiger partial charge in [-0.2, -0.15) is 0 Å². The summed E-state index contributed by atoms with van der Waals surface area (Å²) in [5, 5.41) is 2.85. The molecule has 0 unspecified atom stereocenters. The molecule has 0 spiro atoms. The molecule has 130 valence electrons. The van der Waals surface area contributed by atoms with Crippen molar-refractivity contribution in [1.82, 2.24) is 4.90 Å². The molecule has 6 heteroatoms. The Labute approximate surface area is 160 Å². The van der Waals surface area contributed by atoms with E-state index in [1.807, 2.05) is 4.90 Å². The summed E-state index contributed by atoms with van der Waals surface area (Å²) in [6.45, 7) is 1.65. The summed E-state index contributed by atoms with van der Waals surface area (Å²) in [7, 11) is 1.60. The molecule has 0 saturated carbocycles. The number of anilines is 1. The Kier molecular flexibility index (Phi) is 5.57. The molecule has 0 atom stereocenters. The Morgan fingerprint density at radius 1 is 1.04 bits per heavy atom. The summed E-state index contributed by atoms with van der Waals surface area (Å²) in [4.78, 5) is 26.6. The number of carbonyl (C=O) groups excluding carboxylic acids is 2. The predicted molar refractivity (Wildman–Crippen MR) is 105 cm³/mol. The molecule has 1 saturated heterocycles. The van der Waals surface area contributed by atoms with Crippen molar-refractivity contribution in [3.8, 4) is 5.75 Å². The molecule has 0 radical (unpaired) electrons. The second kappa shape index (κ2) is 7.86. The number of rotatable bonds is 4. The number of ether oxygens (including phenoxy) is 1. The van der Waals surface area contributed by atoms with Crippen molar-refractivity contribution in [3.63, 3.8) is 0 Å². The summed E-state index contributed by atoms with van der Waals surface area (Å²) < 4.78 is 6.07. The van der Waals surface area contributed by atoms with Gasteiger partial charge in [-0.3, -0.25) is 9.59 Å². The lowest BCUT2D eigenvalue weighted by molar-refractivity contribution is 0.0792. The van der Waals surface area contributed by atoms with Gasteiger partial charge in [-0.1, -0.05) is 0 Å². The predicted octanol–water partition coefficient (Wildman–Crippen LogP) is 3.79. The second-order valence-corrected chi connectivity index (χ2v) is 7.04. The van der Waals surface area contributed by atoms with E-state index >= 15 is 0 Å². The van der Waals surface area contributed by atoms with Crippen molar-refractivity contribution in [1.29, 1.82) is 0 Å². The fourth-order valence-electron chi connectivity index (χ4n) is 2.81. The largest absolute Gasteiger partial charge is 0.496 e. The fourth-order valence-corrected chi connectivity index (χ4v) is 3.55. The molecular weight excluding hydrogens is 431 g/mol. The number of hydrogen-bond acceptors (Lipinski definition) is 3. The lowest BCUT2D eigenvalue weighted by Crippen LogP contribution is -2.27. The standard InChI is InChI=1S/C19H19IN2O3/c1-25-17-9-6-14(12-16(17)20)18(23)21-15-7-4-13(5-8-15)19(24)22-10-2-3-11-22/h4-9,12H,2-3,10-11H2,1H3,(H,21,23). The number of amides is 2. The lowest BCUT2D eigenvalue weighted by Gasteiger charge is -2.15. The van der Waals surface area contributed by atoms with Crippen LogP contribution in [0.4, 0.5) is 5.69 Å². The van der Waals surface area contributed by atoms with E-state index < -0.39 is 0 Å². The van der Waals surface area contributed by atoms with E-state index in [1.54, 1.807) is 49.6 Å². The monoisotopic (exact) mass is 450 g/mol. The molecule has 1 heterocycles. The quantitative estimate of drug-likeness (QED) is 0.722. The molecule has 2 aromatic carbocycles. The van der Waals surface area contributed by atoms with Crippen molar-refractivity contribution in [2.45, 2.75) is 12.8 Å². The average Bonchev–Trinajstić information content (AvgIpc) is 3.16. The molecule has 2 amide bonds. The first-order chi connectivity index (χ1) is 12.1. The minimum absolute atomic E-state index is 0.0556. The van der Waals surface area contributed by atoms with Crippen LogP contribution in [0.25, 0.3) is 0 Å². The summed E-state index contributed by atoms with van der Waals surface area (Å²) >= 11 is 2.13. The number of carbonyl (C=O) groups is 2. The van der Waals surface area contributed by atoms with Crippen molar-refractivity contribution < 1.29 is 14.3 Å². The number of nitrogens with one attached hydrogen (secondary N) is 1. The van der Waals surface area contributed by atoms with Crippen molar-refractivity contribution >= 4 is 40.1 Å². The maximum Gasteiger partial charge on any atom is 0.255 e. The van der Waals surface area contributed by atoms with Crippen LogP contribution in [-0.2, 0) is 0 Å². The van der Waals surface area contributed by atoms with E-state index in [2.05, 4.69) is 27.9 Å². The molecule has 0 aliphatic carbocycles. The highest BCUT2D eigenvalue weighted by atomic mass is 127. The van der Waals surface area contributed by atoms with E-state index in [1.165, 1.54) is 0 Å². The van der Waals surface area contributed by atoms with Gasteiger partial charge in [-0.25, -0.2) is 0 Å². The molecular formula is C19H19IN2O3. The van der Waals surface area contributed by atoms with Gasteiger partial charge in [-0.15, -0.1) is 0 Å². The minimum atomic E-state index is -0.195. The van der Waals surface area contributed by atoms with Crippen LogP contribution in [0.2, 0.25) is 0 Å². The summed E-state index contributed by atoms with van der Waals surface area (Å²) in [5.41, 5.74) is 1.87. The number of benzene rings is 2. The number of methoxy groups -OCH3 is 1. The van der Waals surface area contributed by atoms with Gasteiger partial charge in [-0.05, 0) is 77.9 Å². The van der Waals surface area contributed by atoms with Gasteiger partial charge in [0.05, 0.1) is 10.7 Å². The summed E-state index contributed by atoms with van der Waals surface area (Å²) in [5.74, 6) is 0.598. The second-order valence-electron chi connectivity index (χ2n) is 5.88. The van der Waals surface area contributed by atoms with Gasteiger partial charge in [0.25, 0.3) is 11.8 Å². The molecule has 2 aromatic rings. The van der Waals surface area contributed by atoms with Crippen LogP contribution in [0.15, 0.2) is 42.5 Å². The Morgan fingerprint density at radius 2 is 1.68 bits per heavy atom. The molecule has 1 aliphatic rings. The molecule has 1 fully saturated rings. The number of likely N-dealkylation sites (tertiary alicyclic amines) is 1. The zero-order valence-electron chi connectivity index (χ0n) is 13.9. The molecule has 0 bridgehead atoms. The molecule has 0 aromatic heterocycles. The van der Waals surface area contributed by atoms with Crippen LogP contribution >= 0.6 is 22.6 Å². The highest BCUT2D eigenvalue weighted by molar-refractivity contribution is 14.1. The first-order valence-electron chi connectivity index (χ1n) is 8.13. The maximum atomic E-state index is 12.4. The van der Waals surface area contributed by atoms with Gasteiger partial charge in [0.15, 0.2) is 0 Å². The Hall–Kier alpha value is -2.09. The third kappa shape index (κ3) is 4.12. The number of hydrogen-bond donors (Lipinski definition) is 1. The van der Waals surface area contributed by atoms with Crippen molar-refractivity contribution in [3.05, 3.63) is 57.2 Å². The first-order valence-corrected chi connectivity index (χ1v) is 9.20. The number of halogens is 1. The molecule has 5 nitrogen and oxygen atoms in total. The zero-order chi connectivity index (χ0) is 17.8. The molecule has 25 heavy (non-hydrogen) atoms. The third-order valence-corrected chi connectivity index (χ3v) is 5.04. The van der Waals surface area contributed by atoms with Crippen LogP contribution in [0.1, 0.15) is 33.6 Å². The van der Waals surface area contributed by atoms with Crippen LogP contribution in [0.3, 0.4) is 0 Å². The Bertz CT molecular complexity index is 784. The average molecular weight is 450 g/mol. The molecule has 3 rings (SSSR count). The number of nitrogens with zero attached hydrogens (tertiary/aromatic N) is 1. The minimum Gasteiger partial charge on any atom is -0.496 e. The van der Waals surface area contributed by atoms with E-state index in [9.17, 15) is 9.59 Å². The highest BCUT2D eigenvalue weighted by Crippen LogP contribution is 2.22. The van der Waals surface area contributed by atoms with Crippen LogP contribution < -0.4 is 10.1 Å². The normalized spacial score (nSPS) is 13.6.